The summed E-state index contributed by atoms with van der Waals surface area (Å²) in [5, 5.41) is 3.26. The fourth-order valence-corrected chi connectivity index (χ4v) is 2.03. The number of hydrogen-bond donors (Lipinski definition) is 1. The summed E-state index contributed by atoms with van der Waals surface area (Å²) in [4.78, 5) is 13.7. The summed E-state index contributed by atoms with van der Waals surface area (Å²) >= 11 is 0. The molecule has 0 radical (unpaired) electrons. The Balaban J connectivity index is 2.52. The molecule has 1 saturated heterocycles. The summed E-state index contributed by atoms with van der Waals surface area (Å²) in [5.41, 5.74) is -0.406. The fourth-order valence-electron chi connectivity index (χ4n) is 2.03. The highest BCUT2D eigenvalue weighted by atomic mass is 16.6. The Morgan fingerprint density at radius 2 is 2.06 bits per heavy atom. The van der Waals surface area contributed by atoms with Crippen LogP contribution in [0.4, 0.5) is 4.79 Å². The molecule has 0 aromatic rings. The third kappa shape index (κ3) is 3.67. The van der Waals surface area contributed by atoms with Crippen molar-refractivity contribution in [2.24, 2.45) is 0 Å². The molecule has 0 aromatic heterocycles. The van der Waals surface area contributed by atoms with Crippen LogP contribution in [-0.4, -0.2) is 42.3 Å². The van der Waals surface area contributed by atoms with E-state index in [-0.39, 0.29) is 12.1 Å². The van der Waals surface area contributed by atoms with Crippen molar-refractivity contribution < 1.29 is 9.53 Å². The highest BCUT2D eigenvalue weighted by Crippen LogP contribution is 2.20. The van der Waals surface area contributed by atoms with Gasteiger partial charge in [0.2, 0.25) is 0 Å². The second-order valence-electron chi connectivity index (χ2n) is 5.53. The van der Waals surface area contributed by atoms with E-state index in [1.165, 1.54) is 0 Å². The highest BCUT2D eigenvalue weighted by Gasteiger charge is 2.30. The lowest BCUT2D eigenvalue weighted by atomic mass is 9.99. The summed E-state index contributed by atoms with van der Waals surface area (Å²) in [6.07, 6.45) is 1.81. The monoisotopic (exact) mass is 228 g/mol. The van der Waals surface area contributed by atoms with Crippen LogP contribution in [0.5, 0.6) is 0 Å². The van der Waals surface area contributed by atoms with E-state index >= 15 is 0 Å². The van der Waals surface area contributed by atoms with Gasteiger partial charge in [-0.05, 0) is 47.6 Å². The maximum atomic E-state index is 11.9. The van der Waals surface area contributed by atoms with Crippen LogP contribution in [0.1, 0.15) is 40.5 Å². The van der Waals surface area contributed by atoms with Gasteiger partial charge >= 0.3 is 6.09 Å². The predicted octanol–water partition coefficient (Wildman–Crippen LogP) is 1.99. The van der Waals surface area contributed by atoms with Crippen molar-refractivity contribution in [3.05, 3.63) is 0 Å². The molecule has 0 aliphatic carbocycles. The summed E-state index contributed by atoms with van der Waals surface area (Å²) < 4.78 is 5.38. The molecule has 1 amide bonds. The summed E-state index contributed by atoms with van der Waals surface area (Å²) in [7, 11) is 1.97. The number of ether oxygens (including phenoxy) is 1. The molecule has 0 spiro atoms. The lowest BCUT2D eigenvalue weighted by Gasteiger charge is -2.38. The van der Waals surface area contributed by atoms with Gasteiger partial charge in [0.1, 0.15) is 5.60 Å². The summed E-state index contributed by atoms with van der Waals surface area (Å²) in [5.74, 6) is 0. The summed E-state index contributed by atoms with van der Waals surface area (Å²) in [6.45, 7) is 8.55. The van der Waals surface area contributed by atoms with Gasteiger partial charge in [0, 0.05) is 18.6 Å². The van der Waals surface area contributed by atoms with Gasteiger partial charge < -0.3 is 15.0 Å². The molecule has 1 aliphatic rings. The van der Waals surface area contributed by atoms with Gasteiger partial charge in [-0.25, -0.2) is 4.79 Å². The molecule has 16 heavy (non-hydrogen) atoms. The molecular weight excluding hydrogens is 204 g/mol. The van der Waals surface area contributed by atoms with Crippen molar-refractivity contribution in [3.8, 4) is 0 Å². The standard InChI is InChI=1S/C12H24N2O2/c1-9-8-10(13-5)6-7-14(9)11(15)16-12(2,3)4/h9-10,13H,6-8H2,1-5H3/t9-,10?/m1/s1. The lowest BCUT2D eigenvalue weighted by molar-refractivity contribution is 0.00965. The Hall–Kier alpha value is -0.770. The first-order valence-electron chi connectivity index (χ1n) is 6.00. The van der Waals surface area contributed by atoms with E-state index in [1.807, 2.05) is 32.7 Å². The molecule has 1 unspecified atom stereocenters. The zero-order valence-electron chi connectivity index (χ0n) is 11.0. The predicted molar refractivity (Wildman–Crippen MR) is 64.5 cm³/mol. The van der Waals surface area contributed by atoms with Gasteiger partial charge in [0.05, 0.1) is 0 Å². The minimum Gasteiger partial charge on any atom is -0.444 e. The number of carbonyl (C=O) groups excluding carboxylic acids is 1. The SMILES string of the molecule is CNC1CCN(C(=O)OC(C)(C)C)[C@H](C)C1. The van der Waals surface area contributed by atoms with Gasteiger partial charge in [-0.1, -0.05) is 0 Å². The maximum absolute atomic E-state index is 11.9. The van der Waals surface area contributed by atoms with Crippen LogP contribution < -0.4 is 5.32 Å². The van der Waals surface area contributed by atoms with Crippen LogP contribution in [-0.2, 0) is 4.74 Å². The van der Waals surface area contributed by atoms with E-state index in [4.69, 9.17) is 4.74 Å². The van der Waals surface area contributed by atoms with Crippen molar-refractivity contribution in [3.63, 3.8) is 0 Å². The number of carbonyl (C=O) groups is 1. The Bertz CT molecular complexity index is 248. The second-order valence-corrected chi connectivity index (χ2v) is 5.53. The van der Waals surface area contributed by atoms with E-state index < -0.39 is 5.60 Å². The Morgan fingerprint density at radius 1 is 1.44 bits per heavy atom. The first-order chi connectivity index (χ1) is 7.33. The molecule has 1 N–H and O–H groups in total. The number of nitrogens with one attached hydrogen (secondary N) is 1. The van der Waals surface area contributed by atoms with Gasteiger partial charge in [-0.2, -0.15) is 0 Å². The zero-order chi connectivity index (χ0) is 12.3. The largest absolute Gasteiger partial charge is 0.444 e. The van der Waals surface area contributed by atoms with Crippen LogP contribution >= 0.6 is 0 Å². The minimum absolute atomic E-state index is 0.186. The van der Waals surface area contributed by atoms with Crippen LogP contribution in [0.15, 0.2) is 0 Å². The Labute approximate surface area is 98.3 Å². The minimum atomic E-state index is -0.406. The molecular formula is C12H24N2O2. The normalized spacial score (nSPS) is 26.7. The molecule has 1 fully saturated rings. The van der Waals surface area contributed by atoms with Crippen LogP contribution in [0, 0.1) is 0 Å². The van der Waals surface area contributed by atoms with Crippen molar-refractivity contribution in [2.45, 2.75) is 58.2 Å². The molecule has 0 saturated carbocycles. The third-order valence-corrected chi connectivity index (χ3v) is 2.91. The second kappa shape index (κ2) is 5.04. The lowest BCUT2D eigenvalue weighted by Crippen LogP contribution is -2.50. The number of hydrogen-bond acceptors (Lipinski definition) is 3. The average Bonchev–Trinajstić information content (AvgIpc) is 2.14. The maximum Gasteiger partial charge on any atom is 0.410 e. The molecule has 0 bridgehead atoms. The fraction of sp³-hybridized carbons (Fsp3) is 0.917. The molecule has 2 atom stereocenters. The van der Waals surface area contributed by atoms with E-state index in [9.17, 15) is 4.79 Å². The van der Waals surface area contributed by atoms with Crippen molar-refractivity contribution in [1.29, 1.82) is 0 Å². The van der Waals surface area contributed by atoms with E-state index in [0.717, 1.165) is 19.4 Å². The number of likely N-dealkylation sites (tertiary alicyclic amines) is 1. The van der Waals surface area contributed by atoms with E-state index in [2.05, 4.69) is 12.2 Å². The Kier molecular flexibility index (Phi) is 4.19. The van der Waals surface area contributed by atoms with Gasteiger partial charge in [0.25, 0.3) is 0 Å². The van der Waals surface area contributed by atoms with Gasteiger partial charge in [0.15, 0.2) is 0 Å². The molecule has 4 nitrogen and oxygen atoms in total. The quantitative estimate of drug-likeness (QED) is 0.746. The van der Waals surface area contributed by atoms with Crippen molar-refractivity contribution >= 4 is 6.09 Å². The molecule has 1 heterocycles. The van der Waals surface area contributed by atoms with Crippen LogP contribution in [0.2, 0.25) is 0 Å². The smallest absolute Gasteiger partial charge is 0.410 e. The van der Waals surface area contributed by atoms with E-state index in [1.54, 1.807) is 0 Å². The van der Waals surface area contributed by atoms with Gasteiger partial charge in [-0.3, -0.25) is 0 Å². The van der Waals surface area contributed by atoms with Crippen LogP contribution in [0.25, 0.3) is 0 Å². The highest BCUT2D eigenvalue weighted by molar-refractivity contribution is 5.68. The van der Waals surface area contributed by atoms with E-state index in [0.29, 0.717) is 6.04 Å². The summed E-state index contributed by atoms with van der Waals surface area (Å²) in [6, 6.07) is 0.773. The van der Waals surface area contributed by atoms with Crippen molar-refractivity contribution in [2.75, 3.05) is 13.6 Å². The molecule has 1 rings (SSSR count). The first-order valence-corrected chi connectivity index (χ1v) is 6.00. The number of amides is 1. The average molecular weight is 228 g/mol. The number of piperidine rings is 1. The van der Waals surface area contributed by atoms with Crippen LogP contribution in [0.3, 0.4) is 0 Å². The van der Waals surface area contributed by atoms with Gasteiger partial charge in [-0.15, -0.1) is 0 Å². The molecule has 1 aliphatic heterocycles. The Morgan fingerprint density at radius 3 is 2.50 bits per heavy atom. The molecule has 94 valence electrons. The number of nitrogens with zero attached hydrogens (tertiary/aromatic N) is 1. The molecule has 4 heteroatoms. The topological polar surface area (TPSA) is 41.6 Å². The zero-order valence-corrected chi connectivity index (χ0v) is 11.0. The number of rotatable bonds is 1. The van der Waals surface area contributed by atoms with Crippen molar-refractivity contribution in [1.82, 2.24) is 10.2 Å². The third-order valence-electron chi connectivity index (χ3n) is 2.91. The molecule has 0 aromatic carbocycles. The first kappa shape index (κ1) is 13.3.